The van der Waals surface area contributed by atoms with Crippen LogP contribution in [0.3, 0.4) is 0 Å². The van der Waals surface area contributed by atoms with Gasteiger partial charge in [-0.1, -0.05) is 91.0 Å². The van der Waals surface area contributed by atoms with Gasteiger partial charge in [0.1, 0.15) is 11.8 Å². The Morgan fingerprint density at radius 2 is 1.53 bits per heavy atom. The predicted octanol–water partition coefficient (Wildman–Crippen LogP) is 7.02. The van der Waals surface area contributed by atoms with Crippen molar-refractivity contribution < 1.29 is 23.9 Å². The predicted molar refractivity (Wildman–Crippen MR) is 191 cm³/mol. The van der Waals surface area contributed by atoms with Crippen LogP contribution in [0.15, 0.2) is 140 Å². The van der Waals surface area contributed by atoms with Crippen molar-refractivity contribution in [2.45, 2.75) is 25.4 Å². The highest BCUT2D eigenvalue weighted by Crippen LogP contribution is 2.22. The first-order valence-electron chi connectivity index (χ1n) is 16.2. The molecule has 1 heterocycles. The molecule has 0 aliphatic rings. The molecule has 5 rings (SSSR count). The van der Waals surface area contributed by atoms with Crippen molar-refractivity contribution in [2.24, 2.45) is 0 Å². The summed E-state index contributed by atoms with van der Waals surface area (Å²) in [7, 11) is 1.35. The molecule has 0 fully saturated rings. The summed E-state index contributed by atoms with van der Waals surface area (Å²) in [6, 6.07) is 36.6. The number of rotatable bonds is 16. The molecular weight excluding hydrogens is 614 g/mol. The minimum Gasteiger partial charge on any atom is -0.494 e. The number of carbonyl (C=O) groups excluding carboxylic acids is 3. The minimum absolute atomic E-state index is 0.0853. The van der Waals surface area contributed by atoms with Gasteiger partial charge >= 0.3 is 5.97 Å². The quantitative estimate of drug-likeness (QED) is 0.0529. The summed E-state index contributed by atoms with van der Waals surface area (Å²) < 4.78 is 11.1. The van der Waals surface area contributed by atoms with E-state index >= 15 is 0 Å². The van der Waals surface area contributed by atoms with Crippen molar-refractivity contribution in [1.82, 2.24) is 9.88 Å². The summed E-state index contributed by atoms with van der Waals surface area (Å²) in [5, 5.41) is 3.24. The molecule has 8 nitrogen and oxygen atoms in total. The van der Waals surface area contributed by atoms with E-state index in [9.17, 15) is 14.4 Å². The lowest BCUT2D eigenvalue weighted by molar-refractivity contribution is -0.141. The van der Waals surface area contributed by atoms with E-state index in [4.69, 9.17) is 9.47 Å². The first-order valence-corrected chi connectivity index (χ1v) is 16.2. The third-order valence-corrected chi connectivity index (χ3v) is 7.86. The molecule has 4 aromatic carbocycles. The lowest BCUT2D eigenvalue weighted by atomic mass is 10.00. The Kier molecular flexibility index (Phi) is 12.4. The molecule has 5 aromatic rings. The summed E-state index contributed by atoms with van der Waals surface area (Å²) in [5.74, 6) is 0.0233. The van der Waals surface area contributed by atoms with Gasteiger partial charge in [-0.2, -0.15) is 0 Å². The van der Waals surface area contributed by atoms with Gasteiger partial charge in [-0.15, -0.1) is 0 Å². The standard InChI is InChI=1S/C41H39N3O5/c1-48-41(47)38(43-37-18-9-8-17-36(37)40(46)34-15-6-3-7-16-34)28-31-19-22-35(23-20-31)49-27-11-26-44(30-33-12-4-2-5-13-33)39(45)24-21-32-14-10-25-42-29-32/h2-10,12-25,29,38,43H,11,26-28,30H2,1H3/b24-21+/t38-/m0/s1. The highest BCUT2D eigenvalue weighted by Gasteiger charge is 2.23. The van der Waals surface area contributed by atoms with Gasteiger partial charge in [0.25, 0.3) is 0 Å². The molecule has 1 aromatic heterocycles. The SMILES string of the molecule is COC(=O)[C@H](Cc1ccc(OCCCN(Cc2ccccc2)C(=O)/C=C/c2cccnc2)cc1)Nc1ccccc1C(=O)c1ccccc1. The number of nitrogens with zero attached hydrogens (tertiary/aromatic N) is 2. The molecule has 0 saturated carbocycles. The zero-order valence-electron chi connectivity index (χ0n) is 27.4. The summed E-state index contributed by atoms with van der Waals surface area (Å²) in [4.78, 5) is 45.1. The fourth-order valence-electron chi connectivity index (χ4n) is 5.30. The van der Waals surface area contributed by atoms with Gasteiger partial charge in [0.2, 0.25) is 5.91 Å². The van der Waals surface area contributed by atoms with Crippen LogP contribution in [0.4, 0.5) is 5.69 Å². The Balaban J connectivity index is 1.17. The van der Waals surface area contributed by atoms with Crippen molar-refractivity contribution >= 4 is 29.4 Å². The normalized spacial score (nSPS) is 11.4. The van der Waals surface area contributed by atoms with Gasteiger partial charge in [-0.05, 0) is 59.5 Å². The molecular formula is C41H39N3O5. The van der Waals surface area contributed by atoms with E-state index in [0.717, 1.165) is 16.7 Å². The maximum absolute atomic E-state index is 13.2. The van der Waals surface area contributed by atoms with Crippen LogP contribution in [0.5, 0.6) is 5.75 Å². The Labute approximate surface area is 287 Å². The van der Waals surface area contributed by atoms with E-state index < -0.39 is 12.0 Å². The molecule has 0 aliphatic heterocycles. The van der Waals surface area contributed by atoms with Crippen LogP contribution in [-0.4, -0.2) is 53.8 Å². The third-order valence-electron chi connectivity index (χ3n) is 7.86. The van der Waals surface area contributed by atoms with Crippen LogP contribution in [0.25, 0.3) is 6.08 Å². The van der Waals surface area contributed by atoms with Gasteiger partial charge in [0, 0.05) is 54.8 Å². The van der Waals surface area contributed by atoms with Gasteiger partial charge in [0.15, 0.2) is 5.78 Å². The lowest BCUT2D eigenvalue weighted by Crippen LogP contribution is -2.33. The second-order valence-electron chi connectivity index (χ2n) is 11.4. The number of amides is 1. The number of benzene rings is 4. The van der Waals surface area contributed by atoms with Crippen molar-refractivity contribution in [3.05, 3.63) is 168 Å². The van der Waals surface area contributed by atoms with Gasteiger partial charge < -0.3 is 19.7 Å². The largest absolute Gasteiger partial charge is 0.494 e. The van der Waals surface area contributed by atoms with E-state index in [1.54, 1.807) is 59.8 Å². The first-order chi connectivity index (χ1) is 24.0. The molecule has 8 heteroatoms. The summed E-state index contributed by atoms with van der Waals surface area (Å²) in [6.45, 7) is 1.43. The van der Waals surface area contributed by atoms with Crippen molar-refractivity contribution in [3.8, 4) is 5.75 Å². The average Bonchev–Trinajstić information content (AvgIpc) is 3.16. The topological polar surface area (TPSA) is 97.8 Å². The number of anilines is 1. The number of nitrogens with one attached hydrogen (secondary N) is 1. The third kappa shape index (κ3) is 10.2. The van der Waals surface area contributed by atoms with Gasteiger partial charge in [-0.3, -0.25) is 14.6 Å². The summed E-state index contributed by atoms with van der Waals surface area (Å²) in [6.07, 6.45) is 7.74. The second-order valence-corrected chi connectivity index (χ2v) is 11.4. The second kappa shape index (κ2) is 17.8. The molecule has 1 atom stereocenters. The summed E-state index contributed by atoms with van der Waals surface area (Å²) >= 11 is 0. The first kappa shape index (κ1) is 34.3. The monoisotopic (exact) mass is 653 g/mol. The zero-order valence-corrected chi connectivity index (χ0v) is 27.4. The van der Waals surface area contributed by atoms with E-state index in [-0.39, 0.29) is 11.7 Å². The number of hydrogen-bond acceptors (Lipinski definition) is 7. The molecule has 0 spiro atoms. The fraction of sp³-hybridized carbons (Fsp3) is 0.171. The molecule has 0 unspecified atom stereocenters. The van der Waals surface area contributed by atoms with Crippen LogP contribution < -0.4 is 10.1 Å². The van der Waals surface area contributed by atoms with E-state index in [1.807, 2.05) is 91.0 Å². The molecule has 0 aliphatic carbocycles. The number of ketones is 1. The molecule has 1 amide bonds. The average molecular weight is 654 g/mol. The van der Waals surface area contributed by atoms with Crippen LogP contribution in [0, 0.1) is 0 Å². The number of ether oxygens (including phenoxy) is 2. The number of aromatic nitrogens is 1. The molecule has 0 radical (unpaired) electrons. The van der Waals surface area contributed by atoms with Crippen LogP contribution in [-0.2, 0) is 27.3 Å². The van der Waals surface area contributed by atoms with Gasteiger partial charge in [0.05, 0.1) is 13.7 Å². The van der Waals surface area contributed by atoms with E-state index in [1.165, 1.54) is 7.11 Å². The number of hydrogen-bond donors (Lipinski definition) is 1. The smallest absolute Gasteiger partial charge is 0.328 e. The fourth-order valence-corrected chi connectivity index (χ4v) is 5.30. The molecule has 0 saturated heterocycles. The number of esters is 1. The van der Waals surface area contributed by atoms with Crippen LogP contribution in [0.2, 0.25) is 0 Å². The molecule has 0 bridgehead atoms. The Morgan fingerprint density at radius 1 is 0.816 bits per heavy atom. The number of para-hydroxylation sites is 1. The Hall–Kier alpha value is -6.02. The molecule has 49 heavy (non-hydrogen) atoms. The summed E-state index contributed by atoms with van der Waals surface area (Å²) in [5.41, 5.74) is 4.39. The highest BCUT2D eigenvalue weighted by atomic mass is 16.5. The number of methoxy groups -OCH3 is 1. The maximum Gasteiger partial charge on any atom is 0.328 e. The van der Waals surface area contributed by atoms with Crippen LogP contribution in [0.1, 0.15) is 39.0 Å². The van der Waals surface area contributed by atoms with Gasteiger partial charge in [-0.25, -0.2) is 4.79 Å². The molecule has 248 valence electrons. The minimum atomic E-state index is -0.721. The lowest BCUT2D eigenvalue weighted by Gasteiger charge is -2.22. The molecule has 1 N–H and O–H groups in total. The van der Waals surface area contributed by atoms with Crippen molar-refractivity contribution in [1.29, 1.82) is 0 Å². The number of pyridine rings is 1. The maximum atomic E-state index is 13.2. The van der Waals surface area contributed by atoms with Crippen molar-refractivity contribution in [2.75, 3.05) is 25.6 Å². The van der Waals surface area contributed by atoms with E-state index in [0.29, 0.717) is 55.1 Å². The van der Waals surface area contributed by atoms with E-state index in [2.05, 4.69) is 10.3 Å². The Bertz CT molecular complexity index is 1830. The highest BCUT2D eigenvalue weighted by molar-refractivity contribution is 6.12. The number of carbonyl (C=O) groups is 3. The van der Waals surface area contributed by atoms with Crippen molar-refractivity contribution in [3.63, 3.8) is 0 Å². The van der Waals surface area contributed by atoms with Crippen LogP contribution >= 0.6 is 0 Å². The Morgan fingerprint density at radius 3 is 2.24 bits per heavy atom. The zero-order chi connectivity index (χ0) is 34.3.